The van der Waals surface area contributed by atoms with Crippen molar-refractivity contribution in [3.05, 3.63) is 11.4 Å². The van der Waals surface area contributed by atoms with Crippen LogP contribution in [-0.2, 0) is 24.4 Å². The predicted octanol–water partition coefficient (Wildman–Crippen LogP) is -0.692. The highest BCUT2D eigenvalue weighted by molar-refractivity contribution is 5.66. The Labute approximate surface area is 74.8 Å². The number of hydrogen-bond acceptors (Lipinski definition) is 4. The van der Waals surface area contributed by atoms with Gasteiger partial charge < -0.3 is 5.11 Å². The molecule has 0 bridgehead atoms. The normalized spacial score (nSPS) is 16.1. The Kier molecular flexibility index (Phi) is 1.77. The van der Waals surface area contributed by atoms with Crippen molar-refractivity contribution in [2.45, 2.75) is 19.6 Å². The van der Waals surface area contributed by atoms with Crippen LogP contribution >= 0.6 is 0 Å². The van der Waals surface area contributed by atoms with Gasteiger partial charge in [0.25, 0.3) is 0 Å². The number of aliphatic carboxylic acids is 1. The third-order valence-electron chi connectivity index (χ3n) is 2.04. The molecule has 2 rings (SSSR count). The Morgan fingerprint density at radius 3 is 3.08 bits per heavy atom. The first-order valence-corrected chi connectivity index (χ1v) is 3.98. The van der Waals surface area contributed by atoms with Crippen LogP contribution in [0.3, 0.4) is 0 Å². The van der Waals surface area contributed by atoms with E-state index < -0.39 is 5.97 Å². The second-order valence-electron chi connectivity index (χ2n) is 3.21. The Hall–Kier alpha value is -1.43. The molecule has 13 heavy (non-hydrogen) atoms. The van der Waals surface area contributed by atoms with E-state index in [0.29, 0.717) is 0 Å². The molecule has 0 aliphatic carbocycles. The highest BCUT2D eigenvalue weighted by Crippen LogP contribution is 2.17. The van der Waals surface area contributed by atoms with Crippen LogP contribution < -0.4 is 0 Å². The molecule has 0 radical (unpaired) electrons. The first kappa shape index (κ1) is 8.18. The monoisotopic (exact) mass is 182 g/mol. The van der Waals surface area contributed by atoms with Crippen molar-refractivity contribution < 1.29 is 9.90 Å². The van der Waals surface area contributed by atoms with Crippen molar-refractivity contribution >= 4 is 5.97 Å². The van der Waals surface area contributed by atoms with E-state index in [2.05, 4.69) is 15.2 Å². The molecule has 6 nitrogen and oxygen atoms in total. The number of nitrogens with zero attached hydrogens (tertiary/aromatic N) is 4. The fraction of sp³-hybridized carbons (Fsp3) is 0.571. The Balaban J connectivity index is 2.25. The van der Waals surface area contributed by atoms with Gasteiger partial charge in [0.1, 0.15) is 12.2 Å². The average Bonchev–Trinajstić information content (AvgIpc) is 2.51. The number of rotatable bonds is 2. The molecule has 0 atom stereocenters. The van der Waals surface area contributed by atoms with Crippen LogP contribution in [-0.4, -0.2) is 38.0 Å². The topological polar surface area (TPSA) is 71.2 Å². The SMILES string of the molecule is CN1Cc2nnn(CC(=O)O)c2C1. The van der Waals surface area contributed by atoms with E-state index in [1.807, 2.05) is 7.05 Å². The van der Waals surface area contributed by atoms with Gasteiger partial charge in [0.2, 0.25) is 0 Å². The van der Waals surface area contributed by atoms with Gasteiger partial charge in [0.15, 0.2) is 0 Å². The molecule has 6 heteroatoms. The molecule has 0 saturated heterocycles. The number of carboxylic acid groups (broad SMARTS) is 1. The Morgan fingerprint density at radius 2 is 2.38 bits per heavy atom. The molecular weight excluding hydrogens is 172 g/mol. The molecule has 0 aromatic carbocycles. The molecule has 70 valence electrons. The average molecular weight is 182 g/mol. The van der Waals surface area contributed by atoms with Crippen LogP contribution in [0.1, 0.15) is 11.4 Å². The summed E-state index contributed by atoms with van der Waals surface area (Å²) in [6, 6.07) is 0. The highest BCUT2D eigenvalue weighted by atomic mass is 16.4. The van der Waals surface area contributed by atoms with Gasteiger partial charge in [-0.2, -0.15) is 0 Å². The minimum Gasteiger partial charge on any atom is -0.480 e. The molecule has 0 spiro atoms. The zero-order chi connectivity index (χ0) is 9.42. The van der Waals surface area contributed by atoms with E-state index in [9.17, 15) is 4.79 Å². The van der Waals surface area contributed by atoms with Crippen molar-refractivity contribution in [2.24, 2.45) is 0 Å². The van der Waals surface area contributed by atoms with Crippen molar-refractivity contribution in [3.8, 4) is 0 Å². The fourth-order valence-corrected chi connectivity index (χ4v) is 1.49. The van der Waals surface area contributed by atoms with Gasteiger partial charge in [-0.25, -0.2) is 4.68 Å². The molecule has 1 aromatic heterocycles. The van der Waals surface area contributed by atoms with Crippen molar-refractivity contribution in [1.82, 2.24) is 19.9 Å². The van der Waals surface area contributed by atoms with Gasteiger partial charge >= 0.3 is 5.97 Å². The molecule has 2 heterocycles. The first-order chi connectivity index (χ1) is 6.16. The minimum absolute atomic E-state index is 0.101. The number of hydrogen-bond donors (Lipinski definition) is 1. The summed E-state index contributed by atoms with van der Waals surface area (Å²) in [6.45, 7) is 1.39. The molecule has 1 aromatic rings. The molecule has 0 saturated carbocycles. The summed E-state index contributed by atoms with van der Waals surface area (Å²) in [4.78, 5) is 12.5. The standard InChI is InChI=1S/C7H10N4O2/c1-10-2-5-6(3-10)11(9-8-5)4-7(12)13/h2-4H2,1H3,(H,12,13). The zero-order valence-electron chi connectivity index (χ0n) is 7.27. The predicted molar refractivity (Wildman–Crippen MR) is 42.8 cm³/mol. The van der Waals surface area contributed by atoms with Gasteiger partial charge in [-0.3, -0.25) is 9.69 Å². The van der Waals surface area contributed by atoms with Crippen LogP contribution in [0.15, 0.2) is 0 Å². The maximum Gasteiger partial charge on any atom is 0.325 e. The minimum atomic E-state index is -0.887. The van der Waals surface area contributed by atoms with Crippen LogP contribution in [0.25, 0.3) is 0 Å². The number of carboxylic acids is 1. The van der Waals surface area contributed by atoms with Crippen molar-refractivity contribution in [3.63, 3.8) is 0 Å². The summed E-state index contributed by atoms with van der Waals surface area (Å²) in [5.41, 5.74) is 1.81. The lowest BCUT2D eigenvalue weighted by atomic mass is 10.4. The zero-order valence-corrected chi connectivity index (χ0v) is 7.27. The number of aromatic nitrogens is 3. The third-order valence-corrected chi connectivity index (χ3v) is 2.04. The summed E-state index contributed by atoms with van der Waals surface area (Å²) in [6.07, 6.45) is 0. The van der Waals surface area contributed by atoms with Gasteiger partial charge in [-0.15, -0.1) is 5.10 Å². The maximum absolute atomic E-state index is 10.4. The van der Waals surface area contributed by atoms with Crippen LogP contribution in [0.5, 0.6) is 0 Å². The third kappa shape index (κ3) is 1.40. The smallest absolute Gasteiger partial charge is 0.325 e. The highest BCUT2D eigenvalue weighted by Gasteiger charge is 2.23. The second kappa shape index (κ2) is 2.81. The van der Waals surface area contributed by atoms with E-state index >= 15 is 0 Å². The molecule has 0 amide bonds. The summed E-state index contributed by atoms with van der Waals surface area (Å²) < 4.78 is 1.45. The van der Waals surface area contributed by atoms with Crippen LogP contribution in [0.2, 0.25) is 0 Å². The van der Waals surface area contributed by atoms with Crippen molar-refractivity contribution in [1.29, 1.82) is 0 Å². The van der Waals surface area contributed by atoms with Crippen molar-refractivity contribution in [2.75, 3.05) is 7.05 Å². The molecule has 0 fully saturated rings. The number of carbonyl (C=O) groups is 1. The Morgan fingerprint density at radius 1 is 1.62 bits per heavy atom. The molecule has 1 N–H and O–H groups in total. The summed E-state index contributed by atoms with van der Waals surface area (Å²) in [5, 5.41) is 16.3. The molecule has 1 aliphatic heterocycles. The van der Waals surface area contributed by atoms with Gasteiger partial charge in [0.05, 0.1) is 5.69 Å². The number of fused-ring (bicyclic) bond motifs is 1. The van der Waals surface area contributed by atoms with Gasteiger partial charge in [-0.05, 0) is 7.05 Å². The lowest BCUT2D eigenvalue weighted by Gasteiger charge is -2.05. The lowest BCUT2D eigenvalue weighted by molar-refractivity contribution is -0.138. The van der Waals surface area contributed by atoms with E-state index in [-0.39, 0.29) is 6.54 Å². The van der Waals surface area contributed by atoms with Gasteiger partial charge in [0, 0.05) is 13.1 Å². The van der Waals surface area contributed by atoms with Crippen LogP contribution in [0, 0.1) is 0 Å². The summed E-state index contributed by atoms with van der Waals surface area (Å²) >= 11 is 0. The maximum atomic E-state index is 10.4. The second-order valence-corrected chi connectivity index (χ2v) is 3.21. The van der Waals surface area contributed by atoms with Crippen LogP contribution in [0.4, 0.5) is 0 Å². The quantitative estimate of drug-likeness (QED) is 0.655. The molecule has 1 aliphatic rings. The fourth-order valence-electron chi connectivity index (χ4n) is 1.49. The van der Waals surface area contributed by atoms with E-state index in [0.717, 1.165) is 24.5 Å². The summed E-state index contributed by atoms with van der Waals surface area (Å²) in [5.74, 6) is -0.887. The first-order valence-electron chi connectivity index (χ1n) is 3.98. The largest absolute Gasteiger partial charge is 0.480 e. The van der Waals surface area contributed by atoms with Gasteiger partial charge in [-0.1, -0.05) is 5.21 Å². The van der Waals surface area contributed by atoms with E-state index in [4.69, 9.17) is 5.11 Å². The Bertz CT molecular complexity index is 346. The van der Waals surface area contributed by atoms with E-state index in [1.165, 1.54) is 4.68 Å². The lowest BCUT2D eigenvalue weighted by Crippen LogP contribution is -2.16. The summed E-state index contributed by atoms with van der Waals surface area (Å²) in [7, 11) is 1.97. The molecule has 0 unspecified atom stereocenters. The molecular formula is C7H10N4O2. The van der Waals surface area contributed by atoms with E-state index in [1.54, 1.807) is 0 Å².